The summed E-state index contributed by atoms with van der Waals surface area (Å²) in [6.07, 6.45) is 1.42. The average molecular weight is 381 g/mol. The third-order valence-corrected chi connectivity index (χ3v) is 4.01. The molecule has 0 radical (unpaired) electrons. The molecule has 0 unspecified atom stereocenters. The van der Waals surface area contributed by atoms with Crippen molar-refractivity contribution < 1.29 is 19.4 Å². The Morgan fingerprint density at radius 3 is 2.14 bits per heavy atom. The van der Waals surface area contributed by atoms with Crippen molar-refractivity contribution in [1.29, 1.82) is 0 Å². The second-order valence-electron chi connectivity index (χ2n) is 7.67. The van der Waals surface area contributed by atoms with Crippen molar-refractivity contribution in [2.24, 2.45) is 0 Å². The van der Waals surface area contributed by atoms with Crippen molar-refractivity contribution in [3.63, 3.8) is 0 Å². The molecule has 2 aromatic carbocycles. The van der Waals surface area contributed by atoms with Crippen LogP contribution < -0.4 is 5.32 Å². The van der Waals surface area contributed by atoms with Gasteiger partial charge in [0.15, 0.2) is 0 Å². The second-order valence-corrected chi connectivity index (χ2v) is 7.67. The molecule has 148 valence electrons. The Morgan fingerprint density at radius 2 is 1.61 bits per heavy atom. The molecule has 0 bridgehead atoms. The van der Waals surface area contributed by atoms with Crippen LogP contribution in [0.2, 0.25) is 0 Å². The quantitative estimate of drug-likeness (QED) is 0.704. The van der Waals surface area contributed by atoms with Gasteiger partial charge in [-0.2, -0.15) is 0 Å². The lowest BCUT2D eigenvalue weighted by Crippen LogP contribution is -2.39. The maximum Gasteiger partial charge on any atom is 0.408 e. The average Bonchev–Trinajstić information content (AvgIpc) is 2.61. The minimum atomic E-state index is -1.02. The van der Waals surface area contributed by atoms with Crippen LogP contribution in [0.5, 0.6) is 0 Å². The number of carboxylic acids is 1. The standard InChI is InChI=1S/C23H27NO4/c1-16(21(25)26)14-20(24-22(27)28-23(2,3)4)15-17-10-12-19(13-11-17)18-8-6-5-7-9-18/h5-14,20H,15H2,1-4H3,(H,24,27)(H,25,26)/b16-14+/t20-/m0/s1. The zero-order valence-electron chi connectivity index (χ0n) is 16.7. The van der Waals surface area contributed by atoms with Crippen LogP contribution in [-0.4, -0.2) is 28.8 Å². The Balaban J connectivity index is 2.16. The van der Waals surface area contributed by atoms with Gasteiger partial charge in [-0.25, -0.2) is 9.59 Å². The molecular weight excluding hydrogens is 354 g/mol. The van der Waals surface area contributed by atoms with E-state index < -0.39 is 23.7 Å². The normalized spacial score (nSPS) is 12.9. The molecule has 0 aromatic heterocycles. The van der Waals surface area contributed by atoms with Crippen molar-refractivity contribution in [3.8, 4) is 11.1 Å². The largest absolute Gasteiger partial charge is 0.478 e. The van der Waals surface area contributed by atoms with E-state index >= 15 is 0 Å². The highest BCUT2D eigenvalue weighted by molar-refractivity contribution is 5.86. The number of ether oxygens (including phenoxy) is 1. The lowest BCUT2D eigenvalue weighted by atomic mass is 10.00. The summed E-state index contributed by atoms with van der Waals surface area (Å²) in [7, 11) is 0. The van der Waals surface area contributed by atoms with E-state index in [1.165, 1.54) is 13.0 Å². The maximum atomic E-state index is 12.1. The number of hydrogen-bond donors (Lipinski definition) is 2. The highest BCUT2D eigenvalue weighted by atomic mass is 16.6. The number of alkyl carbamates (subject to hydrolysis) is 1. The molecule has 0 saturated heterocycles. The summed E-state index contributed by atoms with van der Waals surface area (Å²) < 4.78 is 5.30. The summed E-state index contributed by atoms with van der Waals surface area (Å²) in [5.41, 5.74) is 2.74. The fourth-order valence-corrected chi connectivity index (χ4v) is 2.70. The molecule has 0 aliphatic carbocycles. The third-order valence-electron chi connectivity index (χ3n) is 4.01. The van der Waals surface area contributed by atoms with Crippen molar-refractivity contribution in [2.45, 2.75) is 45.8 Å². The van der Waals surface area contributed by atoms with E-state index in [4.69, 9.17) is 9.84 Å². The van der Waals surface area contributed by atoms with E-state index in [-0.39, 0.29) is 5.57 Å². The zero-order chi connectivity index (χ0) is 20.7. The topological polar surface area (TPSA) is 75.6 Å². The Kier molecular flexibility index (Phi) is 6.99. The molecule has 1 amide bonds. The summed E-state index contributed by atoms with van der Waals surface area (Å²) in [6, 6.07) is 17.5. The third kappa shape index (κ3) is 6.91. The predicted octanol–water partition coefficient (Wildman–Crippen LogP) is 4.82. The summed E-state index contributed by atoms with van der Waals surface area (Å²) >= 11 is 0. The number of rotatable bonds is 6. The zero-order valence-corrected chi connectivity index (χ0v) is 16.7. The molecule has 1 atom stereocenters. The number of carboxylic acid groups (broad SMARTS) is 1. The maximum absolute atomic E-state index is 12.1. The minimum Gasteiger partial charge on any atom is -0.478 e. The Morgan fingerprint density at radius 1 is 1.04 bits per heavy atom. The van der Waals surface area contributed by atoms with E-state index in [9.17, 15) is 9.59 Å². The SMILES string of the molecule is C/C(=C\[C@@H](Cc1ccc(-c2ccccc2)cc1)NC(=O)OC(C)(C)C)C(=O)O. The second kappa shape index (κ2) is 9.22. The molecule has 0 heterocycles. The number of aliphatic carboxylic acids is 1. The van der Waals surface area contributed by atoms with Crippen molar-refractivity contribution in [3.05, 3.63) is 71.8 Å². The van der Waals surface area contributed by atoms with E-state index in [1.807, 2.05) is 54.6 Å². The van der Waals surface area contributed by atoms with Gasteiger partial charge in [-0.3, -0.25) is 0 Å². The van der Waals surface area contributed by atoms with Crippen LogP contribution in [0.3, 0.4) is 0 Å². The first-order valence-electron chi connectivity index (χ1n) is 9.19. The number of nitrogens with one attached hydrogen (secondary N) is 1. The molecule has 2 N–H and O–H groups in total. The van der Waals surface area contributed by atoms with E-state index in [0.29, 0.717) is 6.42 Å². The molecule has 0 aliphatic heterocycles. The van der Waals surface area contributed by atoms with Gasteiger partial charge in [0.1, 0.15) is 5.60 Å². The Bertz CT molecular complexity index is 833. The molecule has 0 saturated carbocycles. The summed E-state index contributed by atoms with van der Waals surface area (Å²) in [5.74, 6) is -1.02. The van der Waals surface area contributed by atoms with Gasteiger partial charge in [-0.1, -0.05) is 60.7 Å². The highest BCUT2D eigenvalue weighted by Crippen LogP contribution is 2.20. The first-order valence-corrected chi connectivity index (χ1v) is 9.19. The fourth-order valence-electron chi connectivity index (χ4n) is 2.70. The van der Waals surface area contributed by atoms with Crippen LogP contribution in [0.25, 0.3) is 11.1 Å². The molecular formula is C23H27NO4. The molecule has 0 aliphatic rings. The van der Waals surface area contributed by atoms with Crippen LogP contribution in [0.15, 0.2) is 66.2 Å². The summed E-state index contributed by atoms with van der Waals surface area (Å²) in [4.78, 5) is 23.3. The van der Waals surface area contributed by atoms with E-state index in [2.05, 4.69) is 5.32 Å². The van der Waals surface area contributed by atoms with Gasteiger partial charge in [0.2, 0.25) is 0 Å². The number of hydrogen-bond acceptors (Lipinski definition) is 3. The minimum absolute atomic E-state index is 0.168. The lowest BCUT2D eigenvalue weighted by Gasteiger charge is -2.22. The van der Waals surface area contributed by atoms with E-state index in [0.717, 1.165) is 16.7 Å². The van der Waals surface area contributed by atoms with Crippen LogP contribution >= 0.6 is 0 Å². The van der Waals surface area contributed by atoms with Gasteiger partial charge >= 0.3 is 12.1 Å². The Labute approximate surface area is 166 Å². The summed E-state index contributed by atoms with van der Waals surface area (Å²) in [5, 5.41) is 11.9. The number of benzene rings is 2. The lowest BCUT2D eigenvalue weighted by molar-refractivity contribution is -0.132. The van der Waals surface area contributed by atoms with Crippen LogP contribution in [0, 0.1) is 0 Å². The molecule has 28 heavy (non-hydrogen) atoms. The van der Waals surface area contributed by atoms with Gasteiger partial charge in [0.05, 0.1) is 6.04 Å². The molecule has 2 aromatic rings. The van der Waals surface area contributed by atoms with Crippen molar-refractivity contribution in [1.82, 2.24) is 5.32 Å². The predicted molar refractivity (Wildman–Crippen MR) is 110 cm³/mol. The molecule has 2 rings (SSSR count). The van der Waals surface area contributed by atoms with Gasteiger partial charge in [-0.15, -0.1) is 0 Å². The van der Waals surface area contributed by atoms with Gasteiger partial charge in [0, 0.05) is 5.57 Å². The molecule has 0 fully saturated rings. The van der Waals surface area contributed by atoms with Crippen LogP contribution in [0.4, 0.5) is 4.79 Å². The molecule has 0 spiro atoms. The molecule has 5 heteroatoms. The van der Waals surface area contributed by atoms with E-state index in [1.54, 1.807) is 20.8 Å². The van der Waals surface area contributed by atoms with Crippen molar-refractivity contribution in [2.75, 3.05) is 0 Å². The first-order chi connectivity index (χ1) is 13.1. The smallest absolute Gasteiger partial charge is 0.408 e. The van der Waals surface area contributed by atoms with Gasteiger partial charge in [-0.05, 0) is 50.8 Å². The summed E-state index contributed by atoms with van der Waals surface area (Å²) in [6.45, 7) is 6.84. The number of amides is 1. The van der Waals surface area contributed by atoms with Crippen molar-refractivity contribution >= 4 is 12.1 Å². The first kappa shape index (κ1) is 21.2. The highest BCUT2D eigenvalue weighted by Gasteiger charge is 2.19. The Hall–Kier alpha value is -3.08. The van der Waals surface area contributed by atoms with Gasteiger partial charge in [0.25, 0.3) is 0 Å². The number of carbonyl (C=O) groups is 2. The monoisotopic (exact) mass is 381 g/mol. The number of carbonyl (C=O) groups excluding carboxylic acids is 1. The van der Waals surface area contributed by atoms with Gasteiger partial charge < -0.3 is 15.2 Å². The van der Waals surface area contributed by atoms with Crippen LogP contribution in [0.1, 0.15) is 33.3 Å². The molecule has 5 nitrogen and oxygen atoms in total. The van der Waals surface area contributed by atoms with Crippen LogP contribution in [-0.2, 0) is 16.0 Å². The fraction of sp³-hybridized carbons (Fsp3) is 0.304.